The second-order valence-electron chi connectivity index (χ2n) is 4.38. The van der Waals surface area contributed by atoms with Gasteiger partial charge in [-0.2, -0.15) is 0 Å². The molecular weight excluding hydrogens is 302 g/mol. The fourth-order valence-electron chi connectivity index (χ4n) is 1.85. The maximum absolute atomic E-state index is 12.4. The van der Waals surface area contributed by atoms with Crippen LogP contribution in [0, 0.1) is 13.8 Å². The van der Waals surface area contributed by atoms with Gasteiger partial charge in [0.1, 0.15) is 22.0 Å². The van der Waals surface area contributed by atoms with Crippen LogP contribution in [0.4, 0.5) is 0 Å². The van der Waals surface area contributed by atoms with Crippen molar-refractivity contribution < 1.29 is 32.3 Å². The van der Waals surface area contributed by atoms with Crippen LogP contribution < -0.4 is 0 Å². The molecule has 0 bridgehead atoms. The van der Waals surface area contributed by atoms with Crippen molar-refractivity contribution >= 4 is 22.0 Å². The van der Waals surface area contributed by atoms with Crippen molar-refractivity contribution in [3.8, 4) is 0 Å². The number of rotatable bonds is 6. The van der Waals surface area contributed by atoms with E-state index in [0.717, 1.165) is 4.31 Å². The Morgan fingerprint density at radius 1 is 1.29 bits per heavy atom. The summed E-state index contributed by atoms with van der Waals surface area (Å²) in [4.78, 5) is 21.9. The molecule has 1 rings (SSSR count). The molecule has 1 aromatic heterocycles. The molecule has 8 nitrogen and oxygen atoms in total. The Hall–Kier alpha value is -1.87. The zero-order valence-corrected chi connectivity index (χ0v) is 13.0. The summed E-state index contributed by atoms with van der Waals surface area (Å²) in [5.41, 5.74) is -0.391. The molecule has 0 aliphatic rings. The van der Waals surface area contributed by atoms with E-state index in [1.807, 2.05) is 0 Å². The van der Waals surface area contributed by atoms with Crippen LogP contribution in [0.5, 0.6) is 0 Å². The summed E-state index contributed by atoms with van der Waals surface area (Å²) in [6, 6.07) is 0. The number of hydrogen-bond acceptors (Lipinski definition) is 6. The van der Waals surface area contributed by atoms with E-state index >= 15 is 0 Å². The fourth-order valence-corrected chi connectivity index (χ4v) is 3.39. The highest BCUT2D eigenvalue weighted by Crippen LogP contribution is 2.28. The fraction of sp³-hybridized carbons (Fsp3) is 0.500. The molecule has 0 unspecified atom stereocenters. The number of aryl methyl sites for hydroxylation is 2. The molecule has 0 atom stereocenters. The van der Waals surface area contributed by atoms with Crippen LogP contribution in [0.1, 0.15) is 28.3 Å². The van der Waals surface area contributed by atoms with Crippen LogP contribution in [-0.2, 0) is 19.6 Å². The highest BCUT2D eigenvalue weighted by molar-refractivity contribution is 7.89. The van der Waals surface area contributed by atoms with Crippen molar-refractivity contribution in [1.29, 1.82) is 0 Å². The van der Waals surface area contributed by atoms with Crippen LogP contribution in [0.3, 0.4) is 0 Å². The van der Waals surface area contributed by atoms with Crippen molar-refractivity contribution in [1.82, 2.24) is 4.31 Å². The maximum atomic E-state index is 12.4. The molecule has 0 aliphatic heterocycles. The monoisotopic (exact) mass is 319 g/mol. The van der Waals surface area contributed by atoms with E-state index in [1.54, 1.807) is 0 Å². The third kappa shape index (κ3) is 3.42. The van der Waals surface area contributed by atoms with Gasteiger partial charge in [-0.25, -0.2) is 17.5 Å². The van der Waals surface area contributed by atoms with Gasteiger partial charge in [-0.3, -0.25) is 4.79 Å². The lowest BCUT2D eigenvalue weighted by Crippen LogP contribution is -2.30. The highest BCUT2D eigenvalue weighted by Gasteiger charge is 2.33. The number of carbonyl (C=O) groups excluding carboxylic acids is 1. The summed E-state index contributed by atoms with van der Waals surface area (Å²) in [6.07, 6.45) is -0.134. The number of ether oxygens (including phenoxy) is 1. The molecule has 0 saturated heterocycles. The molecule has 1 aromatic rings. The molecule has 9 heteroatoms. The summed E-state index contributed by atoms with van der Waals surface area (Å²) in [6.45, 7) is 2.63. The molecule has 21 heavy (non-hydrogen) atoms. The van der Waals surface area contributed by atoms with Crippen molar-refractivity contribution in [2.75, 3.05) is 20.7 Å². The van der Waals surface area contributed by atoms with E-state index in [2.05, 4.69) is 4.74 Å². The lowest BCUT2D eigenvalue weighted by Gasteiger charge is -2.16. The third-order valence-electron chi connectivity index (χ3n) is 2.95. The number of carboxylic acids is 1. The molecule has 118 valence electrons. The molecule has 0 aromatic carbocycles. The minimum absolute atomic E-state index is 0.00480. The van der Waals surface area contributed by atoms with E-state index in [9.17, 15) is 18.0 Å². The van der Waals surface area contributed by atoms with E-state index in [1.165, 1.54) is 28.0 Å². The zero-order valence-electron chi connectivity index (χ0n) is 12.2. The first kappa shape index (κ1) is 17.2. The quantitative estimate of drug-likeness (QED) is 0.770. The Kier molecular flexibility index (Phi) is 5.13. The first-order valence-corrected chi connectivity index (χ1v) is 7.43. The summed E-state index contributed by atoms with van der Waals surface area (Å²) < 4.78 is 35.3. The standard InChI is InChI=1S/C12H17NO7S/c1-7-10(12(15)16)11(8(2)20-7)21(17,18)13(3)6-5-9(14)19-4/h5-6H2,1-4H3,(H,15,16). The van der Waals surface area contributed by atoms with Crippen LogP contribution in [0.2, 0.25) is 0 Å². The molecule has 0 spiro atoms. The highest BCUT2D eigenvalue weighted by atomic mass is 32.2. The number of furan rings is 1. The average molecular weight is 319 g/mol. The molecular formula is C12H17NO7S. The summed E-state index contributed by atoms with van der Waals surface area (Å²) in [5.74, 6) is -1.94. The van der Waals surface area contributed by atoms with Gasteiger partial charge in [0, 0.05) is 13.6 Å². The second kappa shape index (κ2) is 6.27. The third-order valence-corrected chi connectivity index (χ3v) is 4.96. The van der Waals surface area contributed by atoms with Gasteiger partial charge in [0.25, 0.3) is 0 Å². The maximum Gasteiger partial charge on any atom is 0.340 e. The first-order valence-electron chi connectivity index (χ1n) is 5.99. The van der Waals surface area contributed by atoms with Gasteiger partial charge in [-0.05, 0) is 13.8 Å². The topological polar surface area (TPSA) is 114 Å². The predicted octanol–water partition coefficient (Wildman–Crippen LogP) is 0.778. The van der Waals surface area contributed by atoms with Crippen molar-refractivity contribution in [2.45, 2.75) is 25.2 Å². The van der Waals surface area contributed by atoms with Gasteiger partial charge < -0.3 is 14.3 Å². The Labute approximate surface area is 122 Å². The van der Waals surface area contributed by atoms with E-state index < -0.39 is 27.5 Å². The van der Waals surface area contributed by atoms with Gasteiger partial charge >= 0.3 is 11.9 Å². The molecule has 0 saturated carbocycles. The number of esters is 1. The number of nitrogens with zero attached hydrogens (tertiary/aromatic N) is 1. The average Bonchev–Trinajstić information content (AvgIpc) is 2.70. The first-order chi connectivity index (χ1) is 9.62. The normalized spacial score (nSPS) is 11.7. The Balaban J connectivity index is 3.19. The molecule has 1 N–H and O–H groups in total. The largest absolute Gasteiger partial charge is 0.478 e. The van der Waals surface area contributed by atoms with Gasteiger partial charge in [-0.15, -0.1) is 0 Å². The number of aromatic carboxylic acids is 1. The van der Waals surface area contributed by atoms with Gasteiger partial charge in [0.2, 0.25) is 10.0 Å². The van der Waals surface area contributed by atoms with Gasteiger partial charge in [0.05, 0.1) is 13.5 Å². The zero-order chi connectivity index (χ0) is 16.4. The van der Waals surface area contributed by atoms with Crippen molar-refractivity contribution in [3.63, 3.8) is 0 Å². The summed E-state index contributed by atoms with van der Waals surface area (Å²) in [5, 5.41) is 9.14. The number of methoxy groups -OCH3 is 1. The summed E-state index contributed by atoms with van der Waals surface area (Å²) >= 11 is 0. The Morgan fingerprint density at radius 3 is 2.33 bits per heavy atom. The Bertz CT molecular complexity index is 659. The van der Waals surface area contributed by atoms with Crippen molar-refractivity contribution in [3.05, 3.63) is 17.1 Å². The molecule has 0 aliphatic carbocycles. The van der Waals surface area contributed by atoms with Crippen LogP contribution in [0.25, 0.3) is 0 Å². The lowest BCUT2D eigenvalue weighted by atomic mass is 10.2. The molecule has 0 radical (unpaired) electrons. The van der Waals surface area contributed by atoms with E-state index in [-0.39, 0.29) is 29.4 Å². The van der Waals surface area contributed by atoms with Gasteiger partial charge in [-0.1, -0.05) is 0 Å². The lowest BCUT2D eigenvalue weighted by molar-refractivity contribution is -0.140. The SMILES string of the molecule is COC(=O)CCN(C)S(=O)(=O)c1c(C)oc(C)c1C(=O)O. The van der Waals surface area contributed by atoms with Crippen LogP contribution in [-0.4, -0.2) is 50.5 Å². The number of carbonyl (C=O) groups is 2. The predicted molar refractivity (Wildman–Crippen MR) is 71.6 cm³/mol. The van der Waals surface area contributed by atoms with Crippen LogP contribution in [0.15, 0.2) is 9.31 Å². The summed E-state index contributed by atoms with van der Waals surface area (Å²) in [7, 11) is -1.62. The van der Waals surface area contributed by atoms with Crippen LogP contribution >= 0.6 is 0 Å². The Morgan fingerprint density at radius 2 is 1.86 bits per heavy atom. The minimum atomic E-state index is -4.08. The number of sulfonamides is 1. The smallest absolute Gasteiger partial charge is 0.340 e. The number of hydrogen-bond donors (Lipinski definition) is 1. The second-order valence-corrected chi connectivity index (χ2v) is 6.36. The van der Waals surface area contributed by atoms with Gasteiger partial charge in [0.15, 0.2) is 0 Å². The molecule has 0 fully saturated rings. The van der Waals surface area contributed by atoms with Crippen molar-refractivity contribution in [2.24, 2.45) is 0 Å². The number of carboxylic acid groups (broad SMARTS) is 1. The minimum Gasteiger partial charge on any atom is -0.478 e. The molecule has 1 heterocycles. The van der Waals surface area contributed by atoms with E-state index in [0.29, 0.717) is 0 Å². The molecule has 0 amide bonds. The van der Waals surface area contributed by atoms with E-state index in [4.69, 9.17) is 9.52 Å².